The molecular weight excluding hydrogens is 681 g/mol. The Hall–Kier alpha value is -6.96. The SMILES string of the molecule is [C-]#[N+]c1ccc2c(c1)C1(CCCCC1)c1cc(-c3ccc(-c4cccc(-c5nc(-c6ccccc6)nc(-c6ccc(-c7ccccc7)cc6)n5)c4)cc3)ccc1-2. The largest absolute Gasteiger partial charge is 0.238 e. The van der Waals surface area contributed by atoms with Crippen LogP contribution in [0, 0.1) is 6.57 Å². The normalized spacial score (nSPS) is 13.8. The van der Waals surface area contributed by atoms with Crippen molar-refractivity contribution in [2.24, 2.45) is 0 Å². The number of hydrogen-bond acceptors (Lipinski definition) is 3. The third-order valence-corrected chi connectivity index (χ3v) is 11.8. The van der Waals surface area contributed by atoms with E-state index in [0.717, 1.165) is 51.9 Å². The Bertz CT molecular complexity index is 2760. The average Bonchev–Trinajstić information content (AvgIpc) is 3.54. The molecule has 2 aliphatic carbocycles. The molecule has 0 aliphatic heterocycles. The van der Waals surface area contributed by atoms with E-state index in [4.69, 9.17) is 21.5 Å². The van der Waals surface area contributed by atoms with Crippen LogP contribution in [0.4, 0.5) is 5.69 Å². The first kappa shape index (κ1) is 33.6. The quantitative estimate of drug-likeness (QED) is 0.161. The molecule has 56 heavy (non-hydrogen) atoms. The van der Waals surface area contributed by atoms with Gasteiger partial charge in [0, 0.05) is 22.1 Å². The third-order valence-electron chi connectivity index (χ3n) is 11.8. The third kappa shape index (κ3) is 5.99. The second-order valence-electron chi connectivity index (χ2n) is 15.0. The predicted octanol–water partition coefficient (Wildman–Crippen LogP) is 13.7. The summed E-state index contributed by atoms with van der Waals surface area (Å²) in [6.45, 7) is 7.68. The van der Waals surface area contributed by atoms with E-state index < -0.39 is 0 Å². The zero-order valence-corrected chi connectivity index (χ0v) is 31.0. The molecule has 0 saturated heterocycles. The zero-order chi connectivity index (χ0) is 37.5. The lowest BCUT2D eigenvalue weighted by molar-refractivity contribution is 0.353. The van der Waals surface area contributed by atoms with Crippen LogP contribution >= 0.6 is 0 Å². The van der Waals surface area contributed by atoms with E-state index in [1.165, 1.54) is 58.2 Å². The maximum Gasteiger partial charge on any atom is 0.187 e. The Kier molecular flexibility index (Phi) is 8.42. The highest BCUT2D eigenvalue weighted by Gasteiger charge is 2.43. The molecule has 0 bridgehead atoms. The molecule has 266 valence electrons. The van der Waals surface area contributed by atoms with Gasteiger partial charge in [-0.2, -0.15) is 0 Å². The van der Waals surface area contributed by atoms with E-state index in [-0.39, 0.29) is 5.41 Å². The highest BCUT2D eigenvalue weighted by atomic mass is 15.0. The molecule has 1 spiro atoms. The van der Waals surface area contributed by atoms with Crippen molar-refractivity contribution in [1.29, 1.82) is 0 Å². The van der Waals surface area contributed by atoms with E-state index in [0.29, 0.717) is 17.5 Å². The van der Waals surface area contributed by atoms with Gasteiger partial charge in [-0.1, -0.05) is 177 Å². The van der Waals surface area contributed by atoms with Crippen LogP contribution in [0.3, 0.4) is 0 Å². The molecule has 4 heteroatoms. The van der Waals surface area contributed by atoms with Gasteiger partial charge in [-0.3, -0.25) is 0 Å². The maximum atomic E-state index is 7.68. The minimum Gasteiger partial charge on any atom is -0.238 e. The Balaban J connectivity index is 0.977. The van der Waals surface area contributed by atoms with Gasteiger partial charge < -0.3 is 0 Å². The van der Waals surface area contributed by atoms with Crippen LogP contribution < -0.4 is 0 Å². The number of hydrogen-bond donors (Lipinski definition) is 0. The Morgan fingerprint density at radius 1 is 0.375 bits per heavy atom. The van der Waals surface area contributed by atoms with Gasteiger partial charge in [0.1, 0.15) is 0 Å². The molecule has 10 rings (SSSR count). The summed E-state index contributed by atoms with van der Waals surface area (Å²) in [6, 6.07) is 59.7. The molecule has 0 radical (unpaired) electrons. The average molecular weight is 719 g/mol. The molecular formula is C52H38N4. The van der Waals surface area contributed by atoms with Crippen molar-refractivity contribution in [1.82, 2.24) is 15.0 Å². The number of rotatable bonds is 6. The summed E-state index contributed by atoms with van der Waals surface area (Å²) in [5.74, 6) is 1.92. The van der Waals surface area contributed by atoms with Crippen molar-refractivity contribution in [3.8, 4) is 78.7 Å². The molecule has 2 aliphatic rings. The molecule has 0 unspecified atom stereocenters. The van der Waals surface area contributed by atoms with Gasteiger partial charge in [0.05, 0.1) is 6.57 Å². The van der Waals surface area contributed by atoms with E-state index in [1.807, 2.05) is 42.5 Å². The molecule has 0 N–H and O–H groups in total. The van der Waals surface area contributed by atoms with E-state index in [9.17, 15) is 0 Å². The second-order valence-corrected chi connectivity index (χ2v) is 15.0. The van der Waals surface area contributed by atoms with Gasteiger partial charge in [-0.25, -0.2) is 19.8 Å². The van der Waals surface area contributed by atoms with Crippen molar-refractivity contribution in [2.45, 2.75) is 37.5 Å². The standard InChI is InChI=1S/C52H38N4/c1-53-44-27-29-46-45-28-26-42(33-47(45)52(48(46)34-44)30-9-4-10-31-52)38-20-18-37(19-21-38)41-16-11-17-43(32-41)51-55-49(39-14-7-3-8-15-39)54-50(56-51)40-24-22-36(23-25-40)35-12-5-2-6-13-35/h2-3,5-8,11-29,32-34H,4,9-10,30-31H2. The monoisotopic (exact) mass is 718 g/mol. The highest BCUT2D eigenvalue weighted by molar-refractivity contribution is 5.86. The molecule has 1 heterocycles. The Morgan fingerprint density at radius 3 is 1.43 bits per heavy atom. The van der Waals surface area contributed by atoms with Crippen LogP contribution in [0.25, 0.3) is 83.5 Å². The van der Waals surface area contributed by atoms with E-state index >= 15 is 0 Å². The zero-order valence-electron chi connectivity index (χ0n) is 31.0. The van der Waals surface area contributed by atoms with Crippen LogP contribution in [0.15, 0.2) is 170 Å². The van der Waals surface area contributed by atoms with Crippen LogP contribution in [0.1, 0.15) is 43.2 Å². The van der Waals surface area contributed by atoms with Gasteiger partial charge in [0.15, 0.2) is 23.2 Å². The van der Waals surface area contributed by atoms with Crippen molar-refractivity contribution in [3.05, 3.63) is 192 Å². The maximum absolute atomic E-state index is 7.68. The second kappa shape index (κ2) is 14.0. The lowest BCUT2D eigenvalue weighted by Crippen LogP contribution is -2.28. The summed E-state index contributed by atoms with van der Waals surface area (Å²) in [4.78, 5) is 18.8. The van der Waals surface area contributed by atoms with Crippen LogP contribution in [-0.4, -0.2) is 15.0 Å². The highest BCUT2D eigenvalue weighted by Crippen LogP contribution is 2.57. The minimum absolute atomic E-state index is 0.000885. The summed E-state index contributed by atoms with van der Waals surface area (Å²) in [6.07, 6.45) is 6.01. The number of fused-ring (bicyclic) bond motifs is 5. The fraction of sp³-hybridized carbons (Fsp3) is 0.115. The molecule has 1 saturated carbocycles. The molecule has 1 aromatic heterocycles. The first-order chi connectivity index (χ1) is 27.6. The van der Waals surface area contributed by atoms with Gasteiger partial charge in [-0.15, -0.1) is 0 Å². The van der Waals surface area contributed by atoms with Gasteiger partial charge in [0.2, 0.25) is 0 Å². The summed E-state index contributed by atoms with van der Waals surface area (Å²) < 4.78 is 0. The first-order valence-corrected chi connectivity index (χ1v) is 19.5. The first-order valence-electron chi connectivity index (χ1n) is 19.5. The summed E-state index contributed by atoms with van der Waals surface area (Å²) in [7, 11) is 0. The van der Waals surface area contributed by atoms with Crippen LogP contribution in [-0.2, 0) is 5.41 Å². The van der Waals surface area contributed by atoms with Crippen LogP contribution in [0.2, 0.25) is 0 Å². The fourth-order valence-electron chi connectivity index (χ4n) is 8.91. The van der Waals surface area contributed by atoms with Gasteiger partial charge in [-0.05, 0) is 80.6 Å². The van der Waals surface area contributed by atoms with Crippen molar-refractivity contribution >= 4 is 5.69 Å². The minimum atomic E-state index is 0.000885. The Morgan fingerprint density at radius 2 is 0.804 bits per heavy atom. The molecule has 7 aromatic carbocycles. The number of benzene rings is 7. The van der Waals surface area contributed by atoms with E-state index in [1.54, 1.807) is 0 Å². The summed E-state index contributed by atoms with van der Waals surface area (Å²) in [5.41, 5.74) is 16.0. The smallest absolute Gasteiger partial charge is 0.187 e. The molecule has 0 amide bonds. The summed E-state index contributed by atoms with van der Waals surface area (Å²) >= 11 is 0. The molecule has 0 atom stereocenters. The fourth-order valence-corrected chi connectivity index (χ4v) is 8.91. The van der Waals surface area contributed by atoms with Crippen molar-refractivity contribution in [3.63, 3.8) is 0 Å². The predicted molar refractivity (Wildman–Crippen MR) is 228 cm³/mol. The number of aromatic nitrogens is 3. The summed E-state index contributed by atoms with van der Waals surface area (Å²) in [5, 5.41) is 0. The molecule has 4 nitrogen and oxygen atoms in total. The number of nitrogens with zero attached hydrogens (tertiary/aromatic N) is 4. The van der Waals surface area contributed by atoms with E-state index in [2.05, 4.69) is 132 Å². The van der Waals surface area contributed by atoms with Gasteiger partial charge in [0.25, 0.3) is 0 Å². The molecule has 8 aromatic rings. The lowest BCUT2D eigenvalue weighted by Gasteiger charge is -2.36. The Labute approximate surface area is 328 Å². The molecule has 1 fully saturated rings. The topological polar surface area (TPSA) is 43.0 Å². The van der Waals surface area contributed by atoms with Crippen molar-refractivity contribution in [2.75, 3.05) is 0 Å². The van der Waals surface area contributed by atoms with Crippen LogP contribution in [0.5, 0.6) is 0 Å². The van der Waals surface area contributed by atoms with Gasteiger partial charge >= 0.3 is 0 Å². The van der Waals surface area contributed by atoms with Crippen molar-refractivity contribution < 1.29 is 0 Å². The lowest BCUT2D eigenvalue weighted by atomic mass is 9.67.